The van der Waals surface area contributed by atoms with Crippen LogP contribution in [0, 0.1) is 5.92 Å². The molecule has 0 spiro atoms. The van der Waals surface area contributed by atoms with Gasteiger partial charge in [-0.1, -0.05) is 0 Å². The van der Waals surface area contributed by atoms with Gasteiger partial charge in [-0.15, -0.1) is 0 Å². The first-order valence-corrected chi connectivity index (χ1v) is 8.48. The first-order chi connectivity index (χ1) is 10.2. The van der Waals surface area contributed by atoms with Gasteiger partial charge in [0.1, 0.15) is 0 Å². The summed E-state index contributed by atoms with van der Waals surface area (Å²) >= 11 is 0. The van der Waals surface area contributed by atoms with Gasteiger partial charge in [-0.2, -0.15) is 0 Å². The Morgan fingerprint density at radius 1 is 1.24 bits per heavy atom. The minimum absolute atomic E-state index is 0.441. The monoisotopic (exact) mass is 296 g/mol. The molecule has 5 nitrogen and oxygen atoms in total. The molecule has 0 bridgehead atoms. The highest BCUT2D eigenvalue weighted by molar-refractivity contribution is 5.79. The van der Waals surface area contributed by atoms with Crippen molar-refractivity contribution in [3.05, 3.63) is 0 Å². The molecule has 2 aliphatic rings. The zero-order valence-corrected chi connectivity index (χ0v) is 14.0. The highest BCUT2D eigenvalue weighted by Crippen LogP contribution is 2.16. The molecule has 0 aliphatic carbocycles. The van der Waals surface area contributed by atoms with Crippen molar-refractivity contribution in [1.29, 1.82) is 0 Å². The molecule has 0 saturated carbocycles. The Bertz CT molecular complexity index is 326. The predicted octanol–water partition coefficient (Wildman–Crippen LogP) is 1.40. The number of nitrogens with zero attached hydrogens (tertiary/aromatic N) is 3. The van der Waals surface area contributed by atoms with Gasteiger partial charge in [-0.3, -0.25) is 4.99 Å². The lowest BCUT2D eigenvalue weighted by Crippen LogP contribution is -2.49. The summed E-state index contributed by atoms with van der Waals surface area (Å²) in [5.74, 6) is 1.82. The van der Waals surface area contributed by atoms with E-state index in [0.29, 0.717) is 6.10 Å². The lowest BCUT2D eigenvalue weighted by atomic mass is 9.98. The lowest BCUT2D eigenvalue weighted by Gasteiger charge is -2.35. The Morgan fingerprint density at radius 3 is 2.62 bits per heavy atom. The molecule has 2 heterocycles. The number of guanidine groups is 1. The molecule has 0 amide bonds. The molecule has 1 N–H and O–H groups in total. The van der Waals surface area contributed by atoms with Crippen molar-refractivity contribution in [2.24, 2.45) is 10.9 Å². The summed E-state index contributed by atoms with van der Waals surface area (Å²) in [7, 11) is 4.11. The molecule has 1 unspecified atom stereocenters. The van der Waals surface area contributed by atoms with Gasteiger partial charge in [0.15, 0.2) is 5.96 Å². The van der Waals surface area contributed by atoms with Gasteiger partial charge in [0, 0.05) is 39.8 Å². The maximum atomic E-state index is 5.72. The van der Waals surface area contributed by atoms with Crippen LogP contribution in [0.4, 0.5) is 0 Å². The van der Waals surface area contributed by atoms with Crippen molar-refractivity contribution in [2.75, 3.05) is 53.4 Å². The van der Waals surface area contributed by atoms with Crippen LogP contribution in [0.2, 0.25) is 0 Å². The number of ether oxygens (including phenoxy) is 1. The topological polar surface area (TPSA) is 40.1 Å². The van der Waals surface area contributed by atoms with Gasteiger partial charge in [0.2, 0.25) is 0 Å². The highest BCUT2D eigenvalue weighted by Gasteiger charge is 2.23. The highest BCUT2D eigenvalue weighted by atomic mass is 16.5. The Balaban J connectivity index is 1.73. The van der Waals surface area contributed by atoms with E-state index in [1.165, 1.54) is 25.9 Å². The summed E-state index contributed by atoms with van der Waals surface area (Å²) in [6.07, 6.45) is 5.32. The molecule has 122 valence electrons. The maximum Gasteiger partial charge on any atom is 0.193 e. The standard InChI is InChI=1S/C16H32N4O/c1-4-21-15-7-10-20(11-8-15)16(17-2)18-12-14-6-5-9-19(3)13-14/h14-15H,4-13H2,1-3H3,(H,17,18). The van der Waals surface area contributed by atoms with E-state index in [9.17, 15) is 0 Å². The second-order valence-electron chi connectivity index (χ2n) is 6.34. The summed E-state index contributed by atoms with van der Waals surface area (Å²) in [5.41, 5.74) is 0. The molecule has 0 radical (unpaired) electrons. The normalized spacial score (nSPS) is 26.1. The van der Waals surface area contributed by atoms with Crippen LogP contribution in [0.3, 0.4) is 0 Å². The molecule has 2 fully saturated rings. The van der Waals surface area contributed by atoms with E-state index in [4.69, 9.17) is 4.74 Å². The molecule has 0 aromatic heterocycles. The van der Waals surface area contributed by atoms with Crippen molar-refractivity contribution in [3.8, 4) is 0 Å². The van der Waals surface area contributed by atoms with Crippen molar-refractivity contribution >= 4 is 5.96 Å². The minimum atomic E-state index is 0.441. The van der Waals surface area contributed by atoms with Crippen LogP contribution in [0.5, 0.6) is 0 Å². The van der Waals surface area contributed by atoms with E-state index in [-0.39, 0.29) is 0 Å². The fourth-order valence-corrected chi connectivity index (χ4v) is 3.48. The summed E-state index contributed by atoms with van der Waals surface area (Å²) in [4.78, 5) is 9.28. The first kappa shape index (κ1) is 16.6. The van der Waals surface area contributed by atoms with Gasteiger partial charge in [-0.05, 0) is 52.1 Å². The summed E-state index contributed by atoms with van der Waals surface area (Å²) < 4.78 is 5.72. The molecule has 2 saturated heterocycles. The van der Waals surface area contributed by atoms with E-state index < -0.39 is 0 Å². The third-order valence-electron chi connectivity index (χ3n) is 4.63. The third kappa shape index (κ3) is 5.15. The van der Waals surface area contributed by atoms with Crippen LogP contribution in [-0.4, -0.2) is 75.3 Å². The van der Waals surface area contributed by atoms with Gasteiger partial charge in [-0.25, -0.2) is 0 Å². The average molecular weight is 296 g/mol. The molecule has 0 aromatic carbocycles. The third-order valence-corrected chi connectivity index (χ3v) is 4.63. The zero-order chi connectivity index (χ0) is 15.1. The Labute approximate surface area is 129 Å². The second-order valence-corrected chi connectivity index (χ2v) is 6.34. The zero-order valence-electron chi connectivity index (χ0n) is 14.0. The van der Waals surface area contributed by atoms with Crippen molar-refractivity contribution in [2.45, 2.75) is 38.7 Å². The molecule has 2 aliphatic heterocycles. The number of rotatable bonds is 4. The van der Waals surface area contributed by atoms with Crippen LogP contribution in [0.25, 0.3) is 0 Å². The van der Waals surface area contributed by atoms with E-state index in [2.05, 4.69) is 34.1 Å². The quantitative estimate of drug-likeness (QED) is 0.629. The number of aliphatic imine (C=N–C) groups is 1. The largest absolute Gasteiger partial charge is 0.378 e. The van der Waals surface area contributed by atoms with Gasteiger partial charge < -0.3 is 19.9 Å². The molecule has 0 aromatic rings. The predicted molar refractivity (Wildman–Crippen MR) is 87.8 cm³/mol. The van der Waals surface area contributed by atoms with Crippen LogP contribution in [0.15, 0.2) is 4.99 Å². The van der Waals surface area contributed by atoms with Crippen LogP contribution in [0.1, 0.15) is 32.6 Å². The van der Waals surface area contributed by atoms with Gasteiger partial charge in [0.05, 0.1) is 6.10 Å². The summed E-state index contributed by atoms with van der Waals surface area (Å²) in [6, 6.07) is 0. The fraction of sp³-hybridized carbons (Fsp3) is 0.938. The van der Waals surface area contributed by atoms with Crippen LogP contribution < -0.4 is 5.32 Å². The Hall–Kier alpha value is -0.810. The number of likely N-dealkylation sites (tertiary alicyclic amines) is 2. The van der Waals surface area contributed by atoms with Gasteiger partial charge >= 0.3 is 0 Å². The van der Waals surface area contributed by atoms with Gasteiger partial charge in [0.25, 0.3) is 0 Å². The van der Waals surface area contributed by atoms with Crippen LogP contribution >= 0.6 is 0 Å². The lowest BCUT2D eigenvalue weighted by molar-refractivity contribution is 0.0263. The molecular weight excluding hydrogens is 264 g/mol. The number of piperidine rings is 2. The molecule has 21 heavy (non-hydrogen) atoms. The molecule has 5 heteroatoms. The van der Waals surface area contributed by atoms with Crippen LogP contribution in [-0.2, 0) is 4.74 Å². The van der Waals surface area contributed by atoms with E-state index in [0.717, 1.165) is 51.0 Å². The molecule has 2 rings (SSSR count). The average Bonchev–Trinajstić information content (AvgIpc) is 2.50. The summed E-state index contributed by atoms with van der Waals surface area (Å²) in [5, 5.41) is 3.58. The number of nitrogens with one attached hydrogen (secondary N) is 1. The van der Waals surface area contributed by atoms with E-state index >= 15 is 0 Å². The molecular formula is C16H32N4O. The first-order valence-electron chi connectivity index (χ1n) is 8.48. The van der Waals surface area contributed by atoms with E-state index in [1.54, 1.807) is 0 Å². The fourth-order valence-electron chi connectivity index (χ4n) is 3.48. The maximum absolute atomic E-state index is 5.72. The number of hydrogen-bond acceptors (Lipinski definition) is 3. The summed E-state index contributed by atoms with van der Waals surface area (Å²) in [6.45, 7) is 8.50. The Kier molecular flexibility index (Phi) is 6.77. The molecule has 1 atom stereocenters. The van der Waals surface area contributed by atoms with Crippen molar-refractivity contribution in [3.63, 3.8) is 0 Å². The Morgan fingerprint density at radius 2 is 2.00 bits per heavy atom. The second kappa shape index (κ2) is 8.59. The SMILES string of the molecule is CCOC1CCN(C(=NC)NCC2CCCN(C)C2)CC1. The van der Waals surface area contributed by atoms with Crippen molar-refractivity contribution in [1.82, 2.24) is 15.1 Å². The minimum Gasteiger partial charge on any atom is -0.378 e. The van der Waals surface area contributed by atoms with E-state index in [1.807, 2.05) is 7.05 Å². The smallest absolute Gasteiger partial charge is 0.193 e. The van der Waals surface area contributed by atoms with Crippen molar-refractivity contribution < 1.29 is 4.74 Å². The number of hydrogen-bond donors (Lipinski definition) is 1.